The number of ether oxygens (including phenoxy) is 1. The maximum absolute atomic E-state index is 5.66. The molecule has 2 N–H and O–H groups in total. The van der Waals surface area contributed by atoms with Gasteiger partial charge in [-0.3, -0.25) is 4.99 Å². The van der Waals surface area contributed by atoms with Crippen LogP contribution in [0.25, 0.3) is 0 Å². The molecule has 0 spiro atoms. The Morgan fingerprint density at radius 2 is 2.50 bits per heavy atom. The summed E-state index contributed by atoms with van der Waals surface area (Å²) in [7, 11) is 0. The van der Waals surface area contributed by atoms with E-state index in [9.17, 15) is 0 Å². The minimum atomic E-state index is 0.215. The summed E-state index contributed by atoms with van der Waals surface area (Å²) in [6.07, 6.45) is 1.32. The zero-order valence-electron chi connectivity index (χ0n) is 10.1. The zero-order chi connectivity index (χ0) is 11.5. The second-order valence-electron chi connectivity index (χ2n) is 4.80. The minimum absolute atomic E-state index is 0.215. The third kappa shape index (κ3) is 2.55. The van der Waals surface area contributed by atoms with Gasteiger partial charge in [0.15, 0.2) is 5.96 Å². The number of hydrogen-bond donors (Lipinski definition) is 2. The molecule has 1 fully saturated rings. The van der Waals surface area contributed by atoms with E-state index in [4.69, 9.17) is 4.74 Å². The van der Waals surface area contributed by atoms with Crippen molar-refractivity contribution in [3.8, 4) is 0 Å². The van der Waals surface area contributed by atoms with Gasteiger partial charge in [0.2, 0.25) is 0 Å². The maximum Gasteiger partial charge on any atom is 0.191 e. The first-order valence-electron chi connectivity index (χ1n) is 5.98. The summed E-state index contributed by atoms with van der Waals surface area (Å²) in [5, 5.41) is 6.65. The molecule has 0 aromatic carbocycles. The van der Waals surface area contributed by atoms with E-state index in [0.717, 1.165) is 37.6 Å². The van der Waals surface area contributed by atoms with Crippen LogP contribution in [0.15, 0.2) is 17.1 Å². The van der Waals surface area contributed by atoms with E-state index in [2.05, 4.69) is 29.1 Å². The Morgan fingerprint density at radius 1 is 1.69 bits per heavy atom. The lowest BCUT2D eigenvalue weighted by Crippen LogP contribution is -2.41. The molecule has 4 heteroatoms. The van der Waals surface area contributed by atoms with Crippen LogP contribution in [0.3, 0.4) is 0 Å². The highest BCUT2D eigenvalue weighted by molar-refractivity contribution is 5.81. The van der Waals surface area contributed by atoms with E-state index >= 15 is 0 Å². The van der Waals surface area contributed by atoms with Crippen LogP contribution in [0.5, 0.6) is 0 Å². The Hall–Kier alpha value is -1.03. The molecule has 0 aliphatic carbocycles. The molecule has 3 unspecified atom stereocenters. The predicted octanol–water partition coefficient (Wildman–Crippen LogP) is 0.905. The molecule has 0 amide bonds. The van der Waals surface area contributed by atoms with Crippen molar-refractivity contribution in [1.29, 1.82) is 0 Å². The molecule has 16 heavy (non-hydrogen) atoms. The molecule has 0 radical (unpaired) electrons. The summed E-state index contributed by atoms with van der Waals surface area (Å²) in [6.45, 7) is 10.8. The molecule has 2 heterocycles. The van der Waals surface area contributed by atoms with Gasteiger partial charge in [-0.2, -0.15) is 0 Å². The summed E-state index contributed by atoms with van der Waals surface area (Å²) in [4.78, 5) is 4.38. The lowest BCUT2D eigenvalue weighted by molar-refractivity contribution is 0.119. The van der Waals surface area contributed by atoms with Crippen LogP contribution < -0.4 is 10.6 Å². The van der Waals surface area contributed by atoms with Crippen molar-refractivity contribution in [2.75, 3.05) is 19.7 Å². The van der Waals surface area contributed by atoms with Crippen molar-refractivity contribution >= 4 is 5.96 Å². The lowest BCUT2D eigenvalue weighted by atomic mass is 9.97. The first-order chi connectivity index (χ1) is 7.66. The van der Waals surface area contributed by atoms with Crippen LogP contribution in [0.1, 0.15) is 20.3 Å². The van der Waals surface area contributed by atoms with Crippen LogP contribution in [0.2, 0.25) is 0 Å². The first-order valence-corrected chi connectivity index (χ1v) is 5.98. The van der Waals surface area contributed by atoms with Crippen molar-refractivity contribution in [3.05, 3.63) is 12.2 Å². The molecule has 0 saturated carbocycles. The highest BCUT2D eigenvalue weighted by Crippen LogP contribution is 2.24. The number of aliphatic imine (C=N–C) groups is 1. The Morgan fingerprint density at radius 3 is 3.12 bits per heavy atom. The number of nitrogens with one attached hydrogen (secondary N) is 2. The molecule has 2 rings (SSSR count). The van der Waals surface area contributed by atoms with Gasteiger partial charge >= 0.3 is 0 Å². The number of hydrogen-bond acceptors (Lipinski definition) is 4. The number of rotatable bonds is 3. The Labute approximate surface area is 97.2 Å². The van der Waals surface area contributed by atoms with Crippen molar-refractivity contribution in [3.63, 3.8) is 0 Å². The van der Waals surface area contributed by atoms with Gasteiger partial charge in [-0.25, -0.2) is 0 Å². The van der Waals surface area contributed by atoms with Gasteiger partial charge in [0.25, 0.3) is 0 Å². The van der Waals surface area contributed by atoms with E-state index in [1.165, 1.54) is 0 Å². The monoisotopic (exact) mass is 223 g/mol. The van der Waals surface area contributed by atoms with Gasteiger partial charge in [0.05, 0.1) is 12.6 Å². The SMILES string of the molecule is C=C(C)C1OCCC1CNC1=NCC(C)N1. The van der Waals surface area contributed by atoms with E-state index < -0.39 is 0 Å². The van der Waals surface area contributed by atoms with Gasteiger partial charge in [-0.15, -0.1) is 0 Å². The van der Waals surface area contributed by atoms with E-state index in [1.807, 2.05) is 6.92 Å². The molecule has 90 valence electrons. The molecule has 0 bridgehead atoms. The Balaban J connectivity index is 1.79. The van der Waals surface area contributed by atoms with E-state index in [0.29, 0.717) is 12.0 Å². The van der Waals surface area contributed by atoms with Crippen LogP contribution in [0.4, 0.5) is 0 Å². The quantitative estimate of drug-likeness (QED) is 0.699. The highest BCUT2D eigenvalue weighted by atomic mass is 16.5. The standard InChI is InChI=1S/C12H21N3O/c1-8(2)11-10(4-5-16-11)7-14-12-13-6-9(3)15-12/h9-11H,1,4-7H2,2-3H3,(H2,13,14,15). The summed E-state index contributed by atoms with van der Waals surface area (Å²) < 4.78 is 5.66. The molecular formula is C12H21N3O. The van der Waals surface area contributed by atoms with Crippen LogP contribution >= 0.6 is 0 Å². The summed E-state index contributed by atoms with van der Waals surface area (Å²) >= 11 is 0. The highest BCUT2D eigenvalue weighted by Gasteiger charge is 2.29. The second-order valence-corrected chi connectivity index (χ2v) is 4.80. The van der Waals surface area contributed by atoms with Gasteiger partial charge in [0, 0.05) is 25.1 Å². The molecule has 2 aliphatic heterocycles. The summed E-state index contributed by atoms with van der Waals surface area (Å²) in [5.74, 6) is 1.46. The van der Waals surface area contributed by atoms with E-state index in [-0.39, 0.29) is 6.10 Å². The van der Waals surface area contributed by atoms with Crippen LogP contribution in [0, 0.1) is 5.92 Å². The molecular weight excluding hydrogens is 202 g/mol. The van der Waals surface area contributed by atoms with Crippen molar-refractivity contribution in [1.82, 2.24) is 10.6 Å². The molecule has 0 aromatic rings. The van der Waals surface area contributed by atoms with Gasteiger partial charge < -0.3 is 15.4 Å². The molecule has 3 atom stereocenters. The zero-order valence-corrected chi connectivity index (χ0v) is 10.1. The number of guanidine groups is 1. The van der Waals surface area contributed by atoms with Crippen LogP contribution in [-0.4, -0.2) is 37.8 Å². The first kappa shape index (κ1) is 11.5. The van der Waals surface area contributed by atoms with Gasteiger partial charge in [0.1, 0.15) is 0 Å². The molecule has 4 nitrogen and oxygen atoms in total. The summed E-state index contributed by atoms with van der Waals surface area (Å²) in [6, 6.07) is 0.458. The van der Waals surface area contributed by atoms with Gasteiger partial charge in [-0.05, 0) is 20.3 Å². The van der Waals surface area contributed by atoms with Crippen molar-refractivity contribution in [2.45, 2.75) is 32.4 Å². The van der Waals surface area contributed by atoms with Crippen LogP contribution in [-0.2, 0) is 4.74 Å². The van der Waals surface area contributed by atoms with Gasteiger partial charge in [-0.1, -0.05) is 12.2 Å². The fourth-order valence-corrected chi connectivity index (χ4v) is 2.28. The molecule has 2 aliphatic rings. The molecule has 0 aromatic heterocycles. The normalized spacial score (nSPS) is 33.4. The molecule has 1 saturated heterocycles. The fourth-order valence-electron chi connectivity index (χ4n) is 2.28. The third-order valence-electron chi connectivity index (χ3n) is 3.14. The average molecular weight is 223 g/mol. The Bertz CT molecular complexity index is 301. The third-order valence-corrected chi connectivity index (χ3v) is 3.14. The summed E-state index contributed by atoms with van der Waals surface area (Å²) in [5.41, 5.74) is 1.12. The number of nitrogens with zero attached hydrogens (tertiary/aromatic N) is 1. The van der Waals surface area contributed by atoms with Crippen molar-refractivity contribution < 1.29 is 4.74 Å². The second kappa shape index (κ2) is 4.87. The van der Waals surface area contributed by atoms with Crippen molar-refractivity contribution in [2.24, 2.45) is 10.9 Å². The maximum atomic E-state index is 5.66. The average Bonchev–Trinajstić information content (AvgIpc) is 2.83. The fraction of sp³-hybridized carbons (Fsp3) is 0.750. The van der Waals surface area contributed by atoms with E-state index in [1.54, 1.807) is 0 Å². The lowest BCUT2D eigenvalue weighted by Gasteiger charge is -2.19. The largest absolute Gasteiger partial charge is 0.374 e. The minimum Gasteiger partial charge on any atom is -0.374 e. The topological polar surface area (TPSA) is 45.6 Å². The predicted molar refractivity (Wildman–Crippen MR) is 65.6 cm³/mol. The Kier molecular flexibility index (Phi) is 3.49. The smallest absolute Gasteiger partial charge is 0.191 e.